The number of imidazole rings is 1. The van der Waals surface area contributed by atoms with Crippen LogP contribution in [0.4, 0.5) is 0 Å². The summed E-state index contributed by atoms with van der Waals surface area (Å²) < 4.78 is 1.62. The van der Waals surface area contributed by atoms with Gasteiger partial charge in [0.25, 0.3) is 0 Å². The molecule has 120 valence electrons. The lowest BCUT2D eigenvalue weighted by atomic mass is 10.1. The predicted octanol–water partition coefficient (Wildman–Crippen LogP) is 5.48. The van der Waals surface area contributed by atoms with Crippen LogP contribution < -0.4 is 0 Å². The fraction of sp³-hybridized carbons (Fsp3) is 0.312. The minimum absolute atomic E-state index is 0.392. The van der Waals surface area contributed by atoms with E-state index in [1.165, 1.54) is 11.3 Å². The van der Waals surface area contributed by atoms with E-state index in [0.29, 0.717) is 37.9 Å². The predicted molar refractivity (Wildman–Crippen MR) is 95.0 cm³/mol. The molecule has 3 aromatic rings. The first-order chi connectivity index (χ1) is 11.1. The van der Waals surface area contributed by atoms with Gasteiger partial charge in [0.05, 0.1) is 5.02 Å². The van der Waals surface area contributed by atoms with E-state index < -0.39 is 0 Å². The molecule has 0 N–H and O–H groups in total. The second-order valence-electron chi connectivity index (χ2n) is 5.24. The Bertz CT molecular complexity index is 868. The lowest BCUT2D eigenvalue weighted by Crippen LogP contribution is -1.99. The highest BCUT2D eigenvalue weighted by atomic mass is 35.5. The number of nitrogens with zero attached hydrogens (tertiary/aromatic N) is 3. The van der Waals surface area contributed by atoms with Gasteiger partial charge in [-0.3, -0.25) is 4.79 Å². The fourth-order valence-corrected chi connectivity index (χ4v) is 4.24. The Morgan fingerprint density at radius 1 is 1.30 bits per heavy atom. The number of fused-ring (bicyclic) bond motifs is 1. The van der Waals surface area contributed by atoms with Gasteiger partial charge in [0.1, 0.15) is 16.4 Å². The van der Waals surface area contributed by atoms with Crippen LogP contribution in [-0.2, 0) is 0 Å². The van der Waals surface area contributed by atoms with Gasteiger partial charge in [-0.1, -0.05) is 48.4 Å². The first-order valence-corrected chi connectivity index (χ1v) is 8.96. The zero-order valence-corrected chi connectivity index (χ0v) is 15.0. The first kappa shape index (κ1) is 16.4. The fourth-order valence-electron chi connectivity index (χ4n) is 2.57. The van der Waals surface area contributed by atoms with E-state index >= 15 is 0 Å². The van der Waals surface area contributed by atoms with E-state index in [1.807, 2.05) is 0 Å². The lowest BCUT2D eigenvalue weighted by Gasteiger charge is -2.06. The number of carbonyl (C=O) groups excluding carboxylic acids is 1. The number of hydrogen-bond acceptors (Lipinski definition) is 4. The molecule has 0 amide bonds. The van der Waals surface area contributed by atoms with Crippen molar-refractivity contribution in [2.75, 3.05) is 0 Å². The molecule has 4 nitrogen and oxygen atoms in total. The van der Waals surface area contributed by atoms with Crippen LogP contribution in [0.2, 0.25) is 10.0 Å². The summed E-state index contributed by atoms with van der Waals surface area (Å²) in [6, 6.07) is 5.14. The molecule has 0 aliphatic rings. The van der Waals surface area contributed by atoms with E-state index in [4.69, 9.17) is 23.2 Å². The number of halogens is 2. The maximum Gasteiger partial charge on any atom is 0.213 e. The van der Waals surface area contributed by atoms with E-state index in [0.717, 1.165) is 24.1 Å². The van der Waals surface area contributed by atoms with E-state index in [9.17, 15) is 4.79 Å². The molecular weight excluding hydrogens is 353 g/mol. The second kappa shape index (κ2) is 6.59. The monoisotopic (exact) mass is 367 g/mol. The van der Waals surface area contributed by atoms with Gasteiger partial charge < -0.3 is 0 Å². The zero-order chi connectivity index (χ0) is 16.6. The summed E-state index contributed by atoms with van der Waals surface area (Å²) in [5.74, 6) is 0.392. The van der Waals surface area contributed by atoms with Crippen molar-refractivity contribution in [3.8, 4) is 11.3 Å². The van der Waals surface area contributed by atoms with Gasteiger partial charge in [-0.25, -0.2) is 4.98 Å². The summed E-state index contributed by atoms with van der Waals surface area (Å²) in [7, 11) is 0. The number of rotatable bonds is 5. The standard InChI is InChI=1S/C16H15Cl2N3OS/c1-3-9(4-2)15-20-21-13(8-22)14(19-16(21)23-15)11-6-5-10(17)7-12(11)18/h5-9H,3-4H2,1-2H3. The van der Waals surface area contributed by atoms with Gasteiger partial charge in [0.2, 0.25) is 4.96 Å². The topological polar surface area (TPSA) is 47.3 Å². The Balaban J connectivity index is 2.16. The average molecular weight is 368 g/mol. The molecule has 0 saturated heterocycles. The summed E-state index contributed by atoms with van der Waals surface area (Å²) in [5, 5.41) is 6.61. The quantitative estimate of drug-likeness (QED) is 0.560. The highest BCUT2D eigenvalue weighted by Crippen LogP contribution is 2.34. The van der Waals surface area contributed by atoms with Crippen molar-refractivity contribution < 1.29 is 4.79 Å². The van der Waals surface area contributed by atoms with Crippen molar-refractivity contribution in [3.63, 3.8) is 0 Å². The Hall–Kier alpha value is -1.43. The second-order valence-corrected chi connectivity index (χ2v) is 7.07. The summed E-state index contributed by atoms with van der Waals surface area (Å²) >= 11 is 13.7. The Kier molecular flexibility index (Phi) is 4.71. The molecule has 0 saturated carbocycles. The van der Waals surface area contributed by atoms with Gasteiger partial charge in [0, 0.05) is 16.5 Å². The van der Waals surface area contributed by atoms with Crippen molar-refractivity contribution in [3.05, 3.63) is 38.9 Å². The molecule has 0 unspecified atom stereocenters. The van der Waals surface area contributed by atoms with Crippen molar-refractivity contribution in [2.45, 2.75) is 32.6 Å². The molecule has 0 radical (unpaired) electrons. The third-order valence-electron chi connectivity index (χ3n) is 3.89. The molecule has 23 heavy (non-hydrogen) atoms. The van der Waals surface area contributed by atoms with E-state index in [-0.39, 0.29) is 0 Å². The molecule has 0 aliphatic carbocycles. The van der Waals surface area contributed by atoms with Gasteiger partial charge in [-0.15, -0.1) is 0 Å². The average Bonchev–Trinajstić information content (AvgIpc) is 3.06. The molecule has 7 heteroatoms. The van der Waals surface area contributed by atoms with Crippen LogP contribution in [0.3, 0.4) is 0 Å². The van der Waals surface area contributed by atoms with Gasteiger partial charge in [-0.05, 0) is 31.0 Å². The Morgan fingerprint density at radius 2 is 2.04 bits per heavy atom. The van der Waals surface area contributed by atoms with E-state index in [2.05, 4.69) is 23.9 Å². The van der Waals surface area contributed by atoms with Crippen LogP contribution in [-0.4, -0.2) is 20.9 Å². The maximum absolute atomic E-state index is 11.6. The molecule has 0 atom stereocenters. The van der Waals surface area contributed by atoms with Crippen LogP contribution in [0.15, 0.2) is 18.2 Å². The summed E-state index contributed by atoms with van der Waals surface area (Å²) in [5.41, 5.74) is 1.63. The van der Waals surface area contributed by atoms with Gasteiger partial charge in [0.15, 0.2) is 6.29 Å². The molecule has 2 aromatic heterocycles. The van der Waals surface area contributed by atoms with Crippen molar-refractivity contribution >= 4 is 45.8 Å². The number of aromatic nitrogens is 3. The SMILES string of the molecule is CCC(CC)c1nn2c(C=O)c(-c3ccc(Cl)cc3Cl)nc2s1. The molecule has 0 spiro atoms. The molecule has 0 aliphatic heterocycles. The van der Waals surface area contributed by atoms with Crippen molar-refractivity contribution in [1.29, 1.82) is 0 Å². The number of benzene rings is 1. The lowest BCUT2D eigenvalue weighted by molar-refractivity contribution is 0.111. The largest absolute Gasteiger partial charge is 0.296 e. The third kappa shape index (κ3) is 2.89. The third-order valence-corrected chi connectivity index (χ3v) is 5.51. The van der Waals surface area contributed by atoms with Gasteiger partial charge >= 0.3 is 0 Å². The molecule has 2 heterocycles. The summed E-state index contributed by atoms with van der Waals surface area (Å²) in [6.07, 6.45) is 2.80. The van der Waals surface area contributed by atoms with Crippen LogP contribution in [0, 0.1) is 0 Å². The van der Waals surface area contributed by atoms with E-state index in [1.54, 1.807) is 22.7 Å². The summed E-state index contributed by atoms with van der Waals surface area (Å²) in [4.78, 5) is 16.9. The maximum atomic E-state index is 11.6. The van der Waals surface area contributed by atoms with Crippen molar-refractivity contribution in [2.24, 2.45) is 0 Å². The molecular formula is C16H15Cl2N3OS. The number of aldehydes is 1. The molecule has 1 aromatic carbocycles. The molecule has 0 fully saturated rings. The number of carbonyl (C=O) groups is 1. The minimum atomic E-state index is 0.392. The Morgan fingerprint density at radius 3 is 2.65 bits per heavy atom. The first-order valence-electron chi connectivity index (χ1n) is 7.39. The normalized spacial score (nSPS) is 11.5. The van der Waals surface area contributed by atoms with Crippen LogP contribution in [0.25, 0.3) is 16.2 Å². The molecule has 3 rings (SSSR count). The highest BCUT2D eigenvalue weighted by Gasteiger charge is 2.21. The Labute approximate surface area is 148 Å². The zero-order valence-electron chi connectivity index (χ0n) is 12.7. The van der Waals surface area contributed by atoms with Gasteiger partial charge in [-0.2, -0.15) is 9.61 Å². The van der Waals surface area contributed by atoms with Crippen LogP contribution in [0.1, 0.15) is 48.1 Å². The van der Waals surface area contributed by atoms with Crippen molar-refractivity contribution in [1.82, 2.24) is 14.6 Å². The van der Waals surface area contributed by atoms with Crippen LogP contribution in [0.5, 0.6) is 0 Å². The number of hydrogen-bond donors (Lipinski definition) is 0. The minimum Gasteiger partial charge on any atom is -0.296 e. The summed E-state index contributed by atoms with van der Waals surface area (Å²) in [6.45, 7) is 4.27. The molecule has 0 bridgehead atoms. The smallest absolute Gasteiger partial charge is 0.213 e. The van der Waals surface area contributed by atoms with Crippen LogP contribution >= 0.6 is 34.5 Å². The highest BCUT2D eigenvalue weighted by molar-refractivity contribution is 7.16.